The highest BCUT2D eigenvalue weighted by molar-refractivity contribution is 5.77. The lowest BCUT2D eigenvalue weighted by atomic mass is 9.94. The van der Waals surface area contributed by atoms with Crippen molar-refractivity contribution in [3.05, 3.63) is 0 Å². The summed E-state index contributed by atoms with van der Waals surface area (Å²) in [7, 11) is 0. The number of nitrogens with two attached hydrogens (primary N) is 1. The molecule has 1 atom stereocenters. The molecule has 0 bridgehead atoms. The van der Waals surface area contributed by atoms with E-state index in [1.165, 1.54) is 6.92 Å². The first-order valence-corrected chi connectivity index (χ1v) is 5.88. The lowest BCUT2D eigenvalue weighted by molar-refractivity contribution is -0.118. The van der Waals surface area contributed by atoms with Gasteiger partial charge in [0.25, 0.3) is 0 Å². The molecule has 1 amide bonds. The van der Waals surface area contributed by atoms with Crippen LogP contribution in [0.4, 0.5) is 4.79 Å². The SMILES string of the molecule is CC(=O)CC1(N)CCN(C(=O)OC(C)(C)C)C1. The normalized spacial score (nSPS) is 24.9. The highest BCUT2D eigenvalue weighted by Crippen LogP contribution is 2.24. The van der Waals surface area contributed by atoms with E-state index in [0.717, 1.165) is 0 Å². The first-order valence-electron chi connectivity index (χ1n) is 5.88. The van der Waals surface area contributed by atoms with E-state index in [9.17, 15) is 9.59 Å². The number of likely N-dealkylation sites (tertiary alicyclic amines) is 1. The molecule has 1 fully saturated rings. The first-order chi connectivity index (χ1) is 7.61. The van der Waals surface area contributed by atoms with Crippen LogP contribution in [0.5, 0.6) is 0 Å². The zero-order valence-electron chi connectivity index (χ0n) is 11.1. The molecule has 0 aromatic rings. The van der Waals surface area contributed by atoms with E-state index in [-0.39, 0.29) is 11.9 Å². The Morgan fingerprint density at radius 3 is 2.47 bits per heavy atom. The van der Waals surface area contributed by atoms with E-state index < -0.39 is 11.1 Å². The Kier molecular flexibility index (Phi) is 3.81. The number of hydrogen-bond acceptors (Lipinski definition) is 4. The fraction of sp³-hybridized carbons (Fsp3) is 0.833. The molecule has 0 saturated carbocycles. The average Bonchev–Trinajstić information content (AvgIpc) is 2.43. The summed E-state index contributed by atoms with van der Waals surface area (Å²) in [6, 6.07) is 0. The summed E-state index contributed by atoms with van der Waals surface area (Å²) in [5.41, 5.74) is 5.00. The van der Waals surface area contributed by atoms with Crippen molar-refractivity contribution in [2.45, 2.75) is 51.7 Å². The molecule has 17 heavy (non-hydrogen) atoms. The van der Waals surface area contributed by atoms with Gasteiger partial charge in [-0.25, -0.2) is 4.79 Å². The van der Waals surface area contributed by atoms with E-state index in [4.69, 9.17) is 10.5 Å². The molecule has 98 valence electrons. The lowest BCUT2D eigenvalue weighted by Gasteiger charge is -2.26. The third-order valence-electron chi connectivity index (χ3n) is 2.64. The van der Waals surface area contributed by atoms with Crippen molar-refractivity contribution in [1.29, 1.82) is 0 Å². The van der Waals surface area contributed by atoms with Crippen LogP contribution < -0.4 is 5.73 Å². The number of carbonyl (C=O) groups excluding carboxylic acids is 2. The quantitative estimate of drug-likeness (QED) is 0.792. The minimum Gasteiger partial charge on any atom is -0.444 e. The molecule has 1 rings (SSSR count). The third kappa shape index (κ3) is 4.34. The van der Waals surface area contributed by atoms with E-state index in [0.29, 0.717) is 25.9 Å². The molecule has 0 aliphatic carbocycles. The van der Waals surface area contributed by atoms with Crippen molar-refractivity contribution < 1.29 is 14.3 Å². The fourth-order valence-corrected chi connectivity index (χ4v) is 2.02. The predicted octanol–water partition coefficient (Wildman–Crippen LogP) is 1.30. The second-order valence-corrected chi connectivity index (χ2v) is 5.89. The molecule has 1 aliphatic heterocycles. The first kappa shape index (κ1) is 14.0. The van der Waals surface area contributed by atoms with E-state index >= 15 is 0 Å². The van der Waals surface area contributed by atoms with Crippen LogP contribution in [0.3, 0.4) is 0 Å². The number of ketones is 1. The van der Waals surface area contributed by atoms with Crippen LogP contribution in [0.1, 0.15) is 40.5 Å². The van der Waals surface area contributed by atoms with Gasteiger partial charge in [-0.3, -0.25) is 4.79 Å². The average molecular weight is 242 g/mol. The van der Waals surface area contributed by atoms with Gasteiger partial charge in [0.15, 0.2) is 0 Å². The second-order valence-electron chi connectivity index (χ2n) is 5.89. The fourth-order valence-electron chi connectivity index (χ4n) is 2.02. The van der Waals surface area contributed by atoms with Gasteiger partial charge < -0.3 is 15.4 Å². The Bertz CT molecular complexity index is 322. The third-order valence-corrected chi connectivity index (χ3v) is 2.64. The smallest absolute Gasteiger partial charge is 0.410 e. The zero-order chi connectivity index (χ0) is 13.3. The van der Waals surface area contributed by atoms with E-state index in [2.05, 4.69) is 0 Å². The largest absolute Gasteiger partial charge is 0.444 e. The number of carbonyl (C=O) groups is 2. The molecule has 1 heterocycles. The van der Waals surface area contributed by atoms with Gasteiger partial charge >= 0.3 is 6.09 Å². The summed E-state index contributed by atoms with van der Waals surface area (Å²) in [5.74, 6) is 0.0542. The molecule has 5 nitrogen and oxygen atoms in total. The lowest BCUT2D eigenvalue weighted by Crippen LogP contribution is -2.45. The van der Waals surface area contributed by atoms with Gasteiger partial charge in [0, 0.05) is 25.0 Å². The van der Waals surface area contributed by atoms with Crippen molar-refractivity contribution in [2.24, 2.45) is 5.73 Å². The summed E-state index contributed by atoms with van der Waals surface area (Å²) < 4.78 is 5.27. The topological polar surface area (TPSA) is 72.6 Å². The predicted molar refractivity (Wildman–Crippen MR) is 64.6 cm³/mol. The van der Waals surface area contributed by atoms with Gasteiger partial charge in [-0.2, -0.15) is 0 Å². The maximum absolute atomic E-state index is 11.8. The number of Topliss-reactive ketones (excluding diaryl/α,β-unsaturated/α-hetero) is 1. The molecule has 2 N–H and O–H groups in total. The Morgan fingerprint density at radius 2 is 2.00 bits per heavy atom. The molecule has 1 aliphatic rings. The summed E-state index contributed by atoms with van der Waals surface area (Å²) in [6.45, 7) is 7.94. The second kappa shape index (κ2) is 4.64. The van der Waals surface area contributed by atoms with Crippen LogP contribution in [-0.4, -0.2) is 41.0 Å². The van der Waals surface area contributed by atoms with Crippen LogP contribution in [0, 0.1) is 0 Å². The zero-order valence-corrected chi connectivity index (χ0v) is 11.1. The van der Waals surface area contributed by atoms with Crippen LogP contribution >= 0.6 is 0 Å². The van der Waals surface area contributed by atoms with Crippen molar-refractivity contribution in [3.8, 4) is 0 Å². The molecule has 0 radical (unpaired) electrons. The number of ether oxygens (including phenoxy) is 1. The Morgan fingerprint density at radius 1 is 1.41 bits per heavy atom. The number of nitrogens with zero attached hydrogens (tertiary/aromatic N) is 1. The number of rotatable bonds is 2. The standard InChI is InChI=1S/C12H22N2O3/c1-9(15)7-12(13)5-6-14(8-12)10(16)17-11(2,3)4/h5-8,13H2,1-4H3. The van der Waals surface area contributed by atoms with Gasteiger partial charge in [-0.05, 0) is 34.1 Å². The van der Waals surface area contributed by atoms with Gasteiger partial charge in [-0.15, -0.1) is 0 Å². The van der Waals surface area contributed by atoms with Crippen molar-refractivity contribution >= 4 is 11.9 Å². The summed E-state index contributed by atoms with van der Waals surface area (Å²) in [6.07, 6.45) is 0.603. The van der Waals surface area contributed by atoms with Crippen molar-refractivity contribution in [3.63, 3.8) is 0 Å². The molecule has 0 aromatic heterocycles. The highest BCUT2D eigenvalue weighted by Gasteiger charge is 2.38. The van der Waals surface area contributed by atoms with E-state index in [1.54, 1.807) is 4.90 Å². The molecule has 1 unspecified atom stereocenters. The Labute approximate surface area is 102 Å². The number of amides is 1. The van der Waals surface area contributed by atoms with Gasteiger partial charge in [0.1, 0.15) is 11.4 Å². The maximum Gasteiger partial charge on any atom is 0.410 e. The molecule has 5 heteroatoms. The van der Waals surface area contributed by atoms with Crippen LogP contribution in [0.2, 0.25) is 0 Å². The number of hydrogen-bond donors (Lipinski definition) is 1. The van der Waals surface area contributed by atoms with Gasteiger partial charge in [-0.1, -0.05) is 0 Å². The van der Waals surface area contributed by atoms with Crippen molar-refractivity contribution in [1.82, 2.24) is 4.90 Å². The Balaban J connectivity index is 2.55. The molecular formula is C12H22N2O3. The molecule has 1 saturated heterocycles. The minimum absolute atomic E-state index is 0.0542. The monoisotopic (exact) mass is 242 g/mol. The van der Waals surface area contributed by atoms with Crippen LogP contribution in [0.25, 0.3) is 0 Å². The van der Waals surface area contributed by atoms with Gasteiger partial charge in [0.2, 0.25) is 0 Å². The summed E-state index contributed by atoms with van der Waals surface area (Å²) in [4.78, 5) is 24.5. The van der Waals surface area contributed by atoms with Crippen LogP contribution in [-0.2, 0) is 9.53 Å². The molecule has 0 aromatic carbocycles. The Hall–Kier alpha value is -1.10. The highest BCUT2D eigenvalue weighted by atomic mass is 16.6. The molecular weight excluding hydrogens is 220 g/mol. The summed E-state index contributed by atoms with van der Waals surface area (Å²) in [5, 5.41) is 0. The maximum atomic E-state index is 11.8. The minimum atomic E-state index is -0.581. The van der Waals surface area contributed by atoms with Crippen molar-refractivity contribution in [2.75, 3.05) is 13.1 Å². The molecule has 0 spiro atoms. The van der Waals surface area contributed by atoms with Gasteiger partial charge in [0.05, 0.1) is 0 Å². The summed E-state index contributed by atoms with van der Waals surface area (Å²) >= 11 is 0. The van der Waals surface area contributed by atoms with E-state index in [1.807, 2.05) is 20.8 Å². The van der Waals surface area contributed by atoms with Crippen LogP contribution in [0.15, 0.2) is 0 Å².